The molecule has 124 valence electrons. The molecule has 2 rings (SSSR count). The van der Waals surface area contributed by atoms with Crippen LogP contribution in [0.1, 0.15) is 15.9 Å². The molecule has 0 amide bonds. The van der Waals surface area contributed by atoms with Crippen LogP contribution in [0.15, 0.2) is 42.5 Å². The average Bonchev–Trinajstić information content (AvgIpc) is 2.53. The van der Waals surface area contributed by atoms with E-state index >= 15 is 0 Å². The van der Waals surface area contributed by atoms with E-state index in [4.69, 9.17) is 5.11 Å². The zero-order valence-corrected chi connectivity index (χ0v) is 12.0. The molecule has 1 atom stereocenters. The molecule has 1 aromatic carbocycles. The van der Waals surface area contributed by atoms with Crippen molar-refractivity contribution in [1.82, 2.24) is 0 Å². The van der Waals surface area contributed by atoms with Crippen LogP contribution in [0, 0.1) is 11.3 Å². The maximum atomic E-state index is 11.4. The third kappa shape index (κ3) is 2.65. The van der Waals surface area contributed by atoms with Crippen LogP contribution in [0.2, 0.25) is 0 Å². The third-order valence-corrected chi connectivity index (χ3v) is 3.80. The summed E-state index contributed by atoms with van der Waals surface area (Å²) < 4.78 is 0. The third-order valence-electron chi connectivity index (χ3n) is 3.80. The van der Waals surface area contributed by atoms with Crippen LogP contribution in [0.5, 0.6) is 0 Å². The molecule has 0 saturated heterocycles. The molecule has 0 spiro atoms. The standard InChI is InChI=1S/C16H12O8/c17-12(18)9-3-1-8(2-4-9)10-5-6-16(14(21)22,15(23)24)11(7-10)13(19)20/h1-7,11H,(H,17,18)(H,19,20)(H,21,22)(H,23,24). The van der Waals surface area contributed by atoms with Gasteiger partial charge in [-0.15, -0.1) is 0 Å². The van der Waals surface area contributed by atoms with Crippen LogP contribution < -0.4 is 0 Å². The van der Waals surface area contributed by atoms with Crippen molar-refractivity contribution in [3.8, 4) is 0 Å². The molecule has 1 aliphatic carbocycles. The Morgan fingerprint density at radius 3 is 1.83 bits per heavy atom. The first kappa shape index (κ1) is 16.9. The van der Waals surface area contributed by atoms with Crippen LogP contribution in [0.4, 0.5) is 0 Å². The first-order chi connectivity index (χ1) is 11.2. The van der Waals surface area contributed by atoms with Crippen molar-refractivity contribution in [3.63, 3.8) is 0 Å². The quantitative estimate of drug-likeness (QED) is 0.587. The largest absolute Gasteiger partial charge is 0.481 e. The summed E-state index contributed by atoms with van der Waals surface area (Å²) in [5.74, 6) is -8.10. The molecule has 0 heterocycles. The Bertz CT molecular complexity index is 771. The molecular formula is C16H12O8. The summed E-state index contributed by atoms with van der Waals surface area (Å²) in [4.78, 5) is 45.1. The minimum Gasteiger partial charge on any atom is -0.481 e. The fraction of sp³-hybridized carbons (Fsp3) is 0.125. The summed E-state index contributed by atoms with van der Waals surface area (Å²) in [7, 11) is 0. The first-order valence-electron chi connectivity index (χ1n) is 6.64. The van der Waals surface area contributed by atoms with E-state index in [0.29, 0.717) is 5.56 Å². The fourth-order valence-corrected chi connectivity index (χ4v) is 2.46. The Kier molecular flexibility index (Phi) is 4.23. The normalized spacial score (nSPS) is 18.5. The smallest absolute Gasteiger partial charge is 0.335 e. The number of carboxylic acids is 4. The highest BCUT2D eigenvalue weighted by Crippen LogP contribution is 2.39. The Hall–Kier alpha value is -3.42. The van der Waals surface area contributed by atoms with Crippen LogP contribution in [-0.2, 0) is 14.4 Å². The number of benzene rings is 1. The second kappa shape index (κ2) is 5.99. The Morgan fingerprint density at radius 1 is 0.875 bits per heavy atom. The molecule has 0 aromatic heterocycles. The summed E-state index contributed by atoms with van der Waals surface area (Å²) in [5, 5.41) is 36.6. The van der Waals surface area contributed by atoms with E-state index in [1.807, 2.05) is 0 Å². The van der Waals surface area contributed by atoms with Gasteiger partial charge in [-0.1, -0.05) is 30.4 Å². The van der Waals surface area contributed by atoms with Gasteiger partial charge in [0.05, 0.1) is 5.56 Å². The molecule has 1 aliphatic rings. The molecular weight excluding hydrogens is 320 g/mol. The van der Waals surface area contributed by atoms with Gasteiger partial charge in [0.25, 0.3) is 0 Å². The zero-order chi connectivity index (χ0) is 18.1. The van der Waals surface area contributed by atoms with Gasteiger partial charge in [-0.05, 0) is 23.3 Å². The predicted octanol–water partition coefficient (Wildman–Crippen LogP) is 1.19. The van der Waals surface area contributed by atoms with E-state index < -0.39 is 35.2 Å². The summed E-state index contributed by atoms with van der Waals surface area (Å²) in [6.45, 7) is 0. The molecule has 0 bridgehead atoms. The highest BCUT2D eigenvalue weighted by atomic mass is 16.4. The highest BCUT2D eigenvalue weighted by Gasteiger charge is 2.55. The van der Waals surface area contributed by atoms with E-state index in [2.05, 4.69) is 0 Å². The van der Waals surface area contributed by atoms with Gasteiger partial charge in [0.2, 0.25) is 0 Å². The van der Waals surface area contributed by atoms with Gasteiger partial charge >= 0.3 is 23.9 Å². The minimum absolute atomic E-state index is 0.0272. The summed E-state index contributed by atoms with van der Waals surface area (Å²) in [6.07, 6.45) is 3.08. The summed E-state index contributed by atoms with van der Waals surface area (Å²) in [6, 6.07) is 5.46. The van der Waals surface area contributed by atoms with Crippen molar-refractivity contribution >= 4 is 29.5 Å². The number of allylic oxidation sites excluding steroid dienone is 2. The van der Waals surface area contributed by atoms with Gasteiger partial charge in [0.15, 0.2) is 5.41 Å². The summed E-state index contributed by atoms with van der Waals surface area (Å²) in [5.41, 5.74) is -1.85. The van der Waals surface area contributed by atoms with Crippen LogP contribution in [0.3, 0.4) is 0 Å². The first-order valence-corrected chi connectivity index (χ1v) is 6.64. The second-order valence-electron chi connectivity index (χ2n) is 5.13. The molecule has 1 aromatic rings. The Balaban J connectivity index is 2.51. The van der Waals surface area contributed by atoms with Gasteiger partial charge in [-0.2, -0.15) is 0 Å². The number of carboxylic acid groups (broad SMARTS) is 4. The molecule has 4 N–H and O–H groups in total. The minimum atomic E-state index is -2.60. The predicted molar refractivity (Wildman–Crippen MR) is 79.3 cm³/mol. The lowest BCUT2D eigenvalue weighted by molar-refractivity contribution is -0.169. The van der Waals surface area contributed by atoms with Crippen LogP contribution in [0.25, 0.3) is 5.57 Å². The van der Waals surface area contributed by atoms with E-state index in [0.717, 1.165) is 12.2 Å². The van der Waals surface area contributed by atoms with Gasteiger partial charge in [0, 0.05) is 0 Å². The van der Waals surface area contributed by atoms with E-state index in [1.165, 1.54) is 30.3 Å². The van der Waals surface area contributed by atoms with Crippen molar-refractivity contribution in [2.45, 2.75) is 0 Å². The number of hydrogen-bond acceptors (Lipinski definition) is 4. The molecule has 0 fully saturated rings. The van der Waals surface area contributed by atoms with Crippen molar-refractivity contribution in [1.29, 1.82) is 0 Å². The van der Waals surface area contributed by atoms with Crippen molar-refractivity contribution in [3.05, 3.63) is 53.6 Å². The molecule has 0 aliphatic heterocycles. The number of hydrogen-bond donors (Lipinski definition) is 4. The fourth-order valence-electron chi connectivity index (χ4n) is 2.46. The topological polar surface area (TPSA) is 149 Å². The maximum Gasteiger partial charge on any atom is 0.335 e. The number of aliphatic carboxylic acids is 3. The van der Waals surface area contributed by atoms with Crippen molar-refractivity contribution in [2.75, 3.05) is 0 Å². The highest BCUT2D eigenvalue weighted by molar-refractivity contribution is 6.07. The molecule has 0 radical (unpaired) electrons. The number of aromatic carboxylic acids is 1. The SMILES string of the molecule is O=C(O)c1ccc(C2=CC(C(=O)O)C(C(=O)O)(C(=O)O)C=C2)cc1. The lowest BCUT2D eigenvalue weighted by atomic mass is 9.70. The number of rotatable bonds is 5. The van der Waals surface area contributed by atoms with E-state index in [9.17, 15) is 34.5 Å². The summed E-state index contributed by atoms with van der Waals surface area (Å²) >= 11 is 0. The monoisotopic (exact) mass is 332 g/mol. The second-order valence-corrected chi connectivity index (χ2v) is 5.13. The van der Waals surface area contributed by atoms with Crippen LogP contribution >= 0.6 is 0 Å². The number of carbonyl (C=O) groups is 4. The molecule has 24 heavy (non-hydrogen) atoms. The molecule has 8 nitrogen and oxygen atoms in total. The Morgan fingerprint density at radius 2 is 1.42 bits per heavy atom. The van der Waals surface area contributed by atoms with Crippen molar-refractivity contribution in [2.24, 2.45) is 11.3 Å². The van der Waals surface area contributed by atoms with E-state index in [1.54, 1.807) is 0 Å². The Labute approximate surface area is 135 Å². The molecule has 1 unspecified atom stereocenters. The van der Waals surface area contributed by atoms with E-state index in [-0.39, 0.29) is 11.1 Å². The van der Waals surface area contributed by atoms with Gasteiger partial charge in [-0.3, -0.25) is 14.4 Å². The van der Waals surface area contributed by atoms with Gasteiger partial charge in [-0.25, -0.2) is 4.79 Å². The van der Waals surface area contributed by atoms with Crippen molar-refractivity contribution < 1.29 is 39.6 Å². The molecule has 0 saturated carbocycles. The van der Waals surface area contributed by atoms with Gasteiger partial charge < -0.3 is 20.4 Å². The van der Waals surface area contributed by atoms with Gasteiger partial charge in [0.1, 0.15) is 5.92 Å². The zero-order valence-electron chi connectivity index (χ0n) is 12.0. The molecule has 8 heteroatoms. The lowest BCUT2D eigenvalue weighted by Crippen LogP contribution is -2.47. The average molecular weight is 332 g/mol. The maximum absolute atomic E-state index is 11.4. The van der Waals surface area contributed by atoms with Crippen LogP contribution in [-0.4, -0.2) is 44.3 Å². The lowest BCUT2D eigenvalue weighted by Gasteiger charge is -2.29.